The second kappa shape index (κ2) is 6.60. The van der Waals surface area contributed by atoms with Crippen LogP contribution in [0.3, 0.4) is 0 Å². The van der Waals surface area contributed by atoms with E-state index in [-0.39, 0.29) is 0 Å². The molecule has 0 aromatic carbocycles. The summed E-state index contributed by atoms with van der Waals surface area (Å²) in [5, 5.41) is 0. The summed E-state index contributed by atoms with van der Waals surface area (Å²) in [6.07, 6.45) is 8.58. The standard InChI is InChI=1S/C12H25IOSi/c1-4-5-10-15(2,3)14-12-8-6-11(13)7-9-12/h11-12H,4-10H2,1-3H3. The Labute approximate surface area is 110 Å². The predicted octanol–water partition coefficient (Wildman–Crippen LogP) is 4.75. The molecule has 0 aromatic rings. The van der Waals surface area contributed by atoms with Crippen LogP contribution < -0.4 is 0 Å². The van der Waals surface area contributed by atoms with Crippen molar-refractivity contribution in [3.63, 3.8) is 0 Å². The van der Waals surface area contributed by atoms with Gasteiger partial charge in [-0.1, -0.05) is 42.4 Å². The maximum atomic E-state index is 6.36. The van der Waals surface area contributed by atoms with Crippen LogP contribution in [-0.4, -0.2) is 18.3 Å². The summed E-state index contributed by atoms with van der Waals surface area (Å²) in [7, 11) is -1.34. The molecule has 1 nitrogen and oxygen atoms in total. The van der Waals surface area contributed by atoms with Gasteiger partial charge in [-0.05, 0) is 44.8 Å². The van der Waals surface area contributed by atoms with Crippen molar-refractivity contribution in [1.82, 2.24) is 0 Å². The number of alkyl halides is 1. The molecular weight excluding hydrogens is 315 g/mol. The van der Waals surface area contributed by atoms with Crippen LogP contribution in [0.15, 0.2) is 0 Å². The van der Waals surface area contributed by atoms with Crippen molar-refractivity contribution in [2.45, 2.75) is 74.6 Å². The monoisotopic (exact) mass is 340 g/mol. The van der Waals surface area contributed by atoms with E-state index in [0.717, 1.165) is 3.92 Å². The Hall–Kier alpha value is 0.907. The fourth-order valence-corrected chi connectivity index (χ4v) is 5.43. The largest absolute Gasteiger partial charge is 0.414 e. The van der Waals surface area contributed by atoms with E-state index in [0.29, 0.717) is 6.10 Å². The van der Waals surface area contributed by atoms with E-state index >= 15 is 0 Å². The Balaban J connectivity index is 2.27. The molecule has 0 aliphatic heterocycles. The molecule has 1 saturated carbocycles. The average Bonchev–Trinajstić information content (AvgIpc) is 2.18. The van der Waals surface area contributed by atoms with Crippen molar-refractivity contribution < 1.29 is 4.43 Å². The first kappa shape index (κ1) is 14.0. The minimum Gasteiger partial charge on any atom is -0.414 e. The molecule has 1 aliphatic rings. The molecule has 0 atom stereocenters. The molecular formula is C12H25IOSi. The van der Waals surface area contributed by atoms with Crippen molar-refractivity contribution in [3.8, 4) is 0 Å². The summed E-state index contributed by atoms with van der Waals surface area (Å²) < 4.78 is 7.27. The van der Waals surface area contributed by atoms with Gasteiger partial charge in [0, 0.05) is 10.0 Å². The van der Waals surface area contributed by atoms with Gasteiger partial charge in [0.1, 0.15) is 0 Å². The van der Waals surface area contributed by atoms with Crippen LogP contribution in [0.5, 0.6) is 0 Å². The molecule has 15 heavy (non-hydrogen) atoms. The smallest absolute Gasteiger partial charge is 0.187 e. The molecule has 1 rings (SSSR count). The van der Waals surface area contributed by atoms with Crippen molar-refractivity contribution in [3.05, 3.63) is 0 Å². The summed E-state index contributed by atoms with van der Waals surface area (Å²) >= 11 is 2.58. The number of hydrogen-bond acceptors (Lipinski definition) is 1. The van der Waals surface area contributed by atoms with Crippen LogP contribution >= 0.6 is 22.6 Å². The Morgan fingerprint density at radius 2 is 1.80 bits per heavy atom. The van der Waals surface area contributed by atoms with Gasteiger partial charge in [-0.2, -0.15) is 0 Å². The molecule has 0 N–H and O–H groups in total. The second-order valence-corrected chi connectivity index (χ2v) is 11.4. The number of halogens is 1. The molecule has 0 saturated heterocycles. The Morgan fingerprint density at radius 3 is 2.33 bits per heavy atom. The van der Waals surface area contributed by atoms with E-state index in [2.05, 4.69) is 42.6 Å². The van der Waals surface area contributed by atoms with Gasteiger partial charge in [-0.3, -0.25) is 0 Å². The molecule has 0 unspecified atom stereocenters. The summed E-state index contributed by atoms with van der Waals surface area (Å²) in [5.74, 6) is 0. The lowest BCUT2D eigenvalue weighted by atomic mass is 9.98. The molecule has 1 fully saturated rings. The predicted molar refractivity (Wildman–Crippen MR) is 78.3 cm³/mol. The summed E-state index contributed by atoms with van der Waals surface area (Å²) in [6, 6.07) is 1.34. The van der Waals surface area contributed by atoms with E-state index < -0.39 is 8.32 Å². The van der Waals surface area contributed by atoms with Crippen LogP contribution in [0.25, 0.3) is 0 Å². The fraction of sp³-hybridized carbons (Fsp3) is 1.00. The summed E-state index contributed by atoms with van der Waals surface area (Å²) in [6.45, 7) is 7.05. The molecule has 0 aromatic heterocycles. The third kappa shape index (κ3) is 5.68. The van der Waals surface area contributed by atoms with Gasteiger partial charge in [-0.25, -0.2) is 0 Å². The molecule has 0 heterocycles. The third-order valence-corrected chi connectivity index (χ3v) is 7.00. The number of hydrogen-bond donors (Lipinski definition) is 0. The van der Waals surface area contributed by atoms with E-state index in [1.165, 1.54) is 44.6 Å². The highest BCUT2D eigenvalue weighted by molar-refractivity contribution is 14.1. The fourth-order valence-electron chi connectivity index (χ4n) is 2.25. The Morgan fingerprint density at radius 1 is 1.20 bits per heavy atom. The van der Waals surface area contributed by atoms with Crippen LogP contribution in [0, 0.1) is 0 Å². The van der Waals surface area contributed by atoms with Crippen LogP contribution in [0.2, 0.25) is 19.1 Å². The van der Waals surface area contributed by atoms with Gasteiger partial charge in [0.05, 0.1) is 0 Å². The molecule has 0 amide bonds. The van der Waals surface area contributed by atoms with E-state index in [1.54, 1.807) is 0 Å². The van der Waals surface area contributed by atoms with Gasteiger partial charge >= 0.3 is 0 Å². The van der Waals surface area contributed by atoms with Crippen molar-refractivity contribution >= 4 is 30.9 Å². The van der Waals surface area contributed by atoms with Crippen molar-refractivity contribution in [1.29, 1.82) is 0 Å². The maximum absolute atomic E-state index is 6.36. The lowest BCUT2D eigenvalue weighted by Gasteiger charge is -2.33. The normalized spacial score (nSPS) is 28.0. The number of rotatable bonds is 5. The zero-order chi connectivity index (χ0) is 11.3. The minimum atomic E-state index is -1.34. The highest BCUT2D eigenvalue weighted by atomic mass is 127. The SMILES string of the molecule is CCCC[Si](C)(C)OC1CCC(I)CC1. The van der Waals surface area contributed by atoms with Crippen molar-refractivity contribution in [2.75, 3.05) is 0 Å². The first-order valence-electron chi connectivity index (χ1n) is 6.35. The highest BCUT2D eigenvalue weighted by Gasteiger charge is 2.28. The quantitative estimate of drug-likeness (QED) is 0.398. The first-order chi connectivity index (χ1) is 7.03. The van der Waals surface area contributed by atoms with Gasteiger partial charge in [0.15, 0.2) is 8.32 Å². The molecule has 3 heteroatoms. The van der Waals surface area contributed by atoms with Crippen LogP contribution in [0.4, 0.5) is 0 Å². The average molecular weight is 340 g/mol. The zero-order valence-electron chi connectivity index (χ0n) is 10.4. The Bertz CT molecular complexity index is 176. The summed E-state index contributed by atoms with van der Waals surface area (Å²) in [5.41, 5.74) is 0. The topological polar surface area (TPSA) is 9.23 Å². The van der Waals surface area contributed by atoms with E-state index in [9.17, 15) is 0 Å². The lowest BCUT2D eigenvalue weighted by Crippen LogP contribution is -2.37. The van der Waals surface area contributed by atoms with Gasteiger partial charge in [0.25, 0.3) is 0 Å². The zero-order valence-corrected chi connectivity index (χ0v) is 13.5. The minimum absolute atomic E-state index is 0.592. The molecule has 0 bridgehead atoms. The lowest BCUT2D eigenvalue weighted by molar-refractivity contribution is 0.149. The van der Waals surface area contributed by atoms with Gasteiger partial charge < -0.3 is 4.43 Å². The second-order valence-electron chi connectivity index (χ2n) is 5.36. The van der Waals surface area contributed by atoms with Gasteiger partial charge in [0.2, 0.25) is 0 Å². The van der Waals surface area contributed by atoms with Crippen LogP contribution in [-0.2, 0) is 4.43 Å². The molecule has 1 aliphatic carbocycles. The maximum Gasteiger partial charge on any atom is 0.187 e. The first-order valence-corrected chi connectivity index (χ1v) is 10.7. The number of unbranched alkanes of at least 4 members (excludes halogenated alkanes) is 1. The Kier molecular flexibility index (Phi) is 6.14. The van der Waals surface area contributed by atoms with Crippen LogP contribution in [0.1, 0.15) is 45.4 Å². The van der Waals surface area contributed by atoms with E-state index in [4.69, 9.17) is 4.43 Å². The molecule has 0 spiro atoms. The summed E-state index contributed by atoms with van der Waals surface area (Å²) in [4.78, 5) is 0. The van der Waals surface area contributed by atoms with E-state index in [1.807, 2.05) is 0 Å². The molecule has 0 radical (unpaired) electrons. The van der Waals surface area contributed by atoms with Gasteiger partial charge in [-0.15, -0.1) is 0 Å². The molecule has 90 valence electrons. The highest BCUT2D eigenvalue weighted by Crippen LogP contribution is 2.29. The third-order valence-electron chi connectivity index (χ3n) is 3.22. The van der Waals surface area contributed by atoms with Crippen molar-refractivity contribution in [2.24, 2.45) is 0 Å².